The predicted molar refractivity (Wildman–Crippen MR) is 89.3 cm³/mol. The lowest BCUT2D eigenvalue weighted by Gasteiger charge is -2.34. The minimum absolute atomic E-state index is 0.137. The number of carbonyl (C=O) groups is 2. The van der Waals surface area contributed by atoms with E-state index in [1.54, 1.807) is 21.9 Å². The second kappa shape index (κ2) is 6.87. The van der Waals surface area contributed by atoms with Crippen molar-refractivity contribution >= 4 is 33.6 Å². The number of carbonyl (C=O) groups excluding carboxylic acids is 2. The number of hydrogen-bond donors (Lipinski definition) is 1. The summed E-state index contributed by atoms with van der Waals surface area (Å²) in [4.78, 5) is 27.8. The van der Waals surface area contributed by atoms with Crippen LogP contribution in [0.4, 0.5) is 10.5 Å². The van der Waals surface area contributed by atoms with Crippen molar-refractivity contribution in [2.45, 2.75) is 0 Å². The van der Waals surface area contributed by atoms with Crippen LogP contribution in [0.5, 0.6) is 0 Å². The molecule has 0 bridgehead atoms. The van der Waals surface area contributed by atoms with Crippen LogP contribution in [0.3, 0.4) is 0 Å². The number of nitrogens with one attached hydrogen (secondary N) is 1. The Bertz CT molecular complexity index is 694. The Morgan fingerprint density at radius 3 is 2.43 bits per heavy atom. The van der Waals surface area contributed by atoms with E-state index < -0.39 is 0 Å². The summed E-state index contributed by atoms with van der Waals surface area (Å²) in [5.41, 5.74) is 0.735. The minimum Gasteiger partial charge on any atom is -0.459 e. The molecule has 0 saturated carbocycles. The van der Waals surface area contributed by atoms with Crippen LogP contribution in [0.1, 0.15) is 10.6 Å². The van der Waals surface area contributed by atoms with E-state index in [0.717, 1.165) is 10.2 Å². The molecule has 1 fully saturated rings. The van der Waals surface area contributed by atoms with Crippen molar-refractivity contribution in [2.24, 2.45) is 0 Å². The molecule has 1 aliphatic heterocycles. The van der Waals surface area contributed by atoms with Gasteiger partial charge in [-0.05, 0) is 30.3 Å². The monoisotopic (exact) mass is 377 g/mol. The van der Waals surface area contributed by atoms with Gasteiger partial charge in [0.2, 0.25) is 0 Å². The summed E-state index contributed by atoms with van der Waals surface area (Å²) >= 11 is 3.37. The van der Waals surface area contributed by atoms with Crippen LogP contribution >= 0.6 is 15.9 Å². The average Bonchev–Trinajstić information content (AvgIpc) is 3.09. The number of piperazine rings is 1. The molecular weight excluding hydrogens is 362 g/mol. The molecular formula is C16H16BrN3O3. The molecule has 0 spiro atoms. The van der Waals surface area contributed by atoms with Gasteiger partial charge in [-0.25, -0.2) is 4.79 Å². The fourth-order valence-corrected chi connectivity index (χ4v) is 2.84. The summed E-state index contributed by atoms with van der Waals surface area (Å²) < 4.78 is 6.03. The maximum Gasteiger partial charge on any atom is 0.321 e. The number of benzene rings is 1. The average molecular weight is 378 g/mol. The number of urea groups is 1. The van der Waals surface area contributed by atoms with Gasteiger partial charge in [0.05, 0.1) is 6.26 Å². The zero-order valence-electron chi connectivity index (χ0n) is 12.4. The third-order valence-electron chi connectivity index (χ3n) is 3.66. The fraction of sp³-hybridized carbons (Fsp3) is 0.250. The van der Waals surface area contributed by atoms with Crippen molar-refractivity contribution < 1.29 is 14.0 Å². The maximum absolute atomic E-state index is 12.3. The highest BCUT2D eigenvalue weighted by Crippen LogP contribution is 2.16. The molecule has 120 valence electrons. The molecule has 0 unspecified atom stereocenters. The molecule has 0 atom stereocenters. The van der Waals surface area contributed by atoms with Crippen LogP contribution in [-0.4, -0.2) is 47.9 Å². The molecule has 3 amide bonds. The lowest BCUT2D eigenvalue weighted by atomic mass is 10.3. The number of anilines is 1. The van der Waals surface area contributed by atoms with Crippen LogP contribution in [0.15, 0.2) is 51.6 Å². The van der Waals surface area contributed by atoms with E-state index in [-0.39, 0.29) is 11.9 Å². The van der Waals surface area contributed by atoms with Crippen molar-refractivity contribution in [1.82, 2.24) is 9.80 Å². The van der Waals surface area contributed by atoms with E-state index in [9.17, 15) is 9.59 Å². The number of rotatable bonds is 2. The van der Waals surface area contributed by atoms with Gasteiger partial charge in [-0.2, -0.15) is 0 Å². The third kappa shape index (κ3) is 3.73. The van der Waals surface area contributed by atoms with Gasteiger partial charge in [0.1, 0.15) is 0 Å². The second-order valence-electron chi connectivity index (χ2n) is 5.20. The highest BCUT2D eigenvalue weighted by Gasteiger charge is 2.26. The van der Waals surface area contributed by atoms with Crippen LogP contribution in [0.2, 0.25) is 0 Å². The first-order valence-electron chi connectivity index (χ1n) is 7.28. The molecule has 2 aromatic rings. The van der Waals surface area contributed by atoms with E-state index in [0.29, 0.717) is 31.9 Å². The molecule has 23 heavy (non-hydrogen) atoms. The zero-order chi connectivity index (χ0) is 16.2. The third-order valence-corrected chi connectivity index (χ3v) is 4.16. The number of hydrogen-bond acceptors (Lipinski definition) is 3. The summed E-state index contributed by atoms with van der Waals surface area (Å²) in [6.07, 6.45) is 1.48. The number of amides is 3. The minimum atomic E-state index is -0.159. The Morgan fingerprint density at radius 1 is 1.04 bits per heavy atom. The summed E-state index contributed by atoms with van der Waals surface area (Å²) in [6, 6.07) is 10.6. The van der Waals surface area contributed by atoms with Crippen molar-refractivity contribution in [3.63, 3.8) is 0 Å². The maximum atomic E-state index is 12.3. The van der Waals surface area contributed by atoms with Gasteiger partial charge in [-0.3, -0.25) is 4.79 Å². The Kier molecular flexibility index (Phi) is 4.66. The van der Waals surface area contributed by atoms with Crippen molar-refractivity contribution in [2.75, 3.05) is 31.5 Å². The quantitative estimate of drug-likeness (QED) is 0.874. The lowest BCUT2D eigenvalue weighted by molar-refractivity contribution is 0.0640. The number of nitrogens with zero attached hydrogens (tertiary/aromatic N) is 2. The predicted octanol–water partition coefficient (Wildman–Crippen LogP) is 3.03. The molecule has 6 nitrogen and oxygen atoms in total. The Morgan fingerprint density at radius 2 is 1.78 bits per heavy atom. The van der Waals surface area contributed by atoms with Gasteiger partial charge in [0, 0.05) is 36.3 Å². The molecule has 1 saturated heterocycles. The van der Waals surface area contributed by atoms with Crippen molar-refractivity contribution in [1.29, 1.82) is 0 Å². The van der Waals surface area contributed by atoms with Crippen LogP contribution in [0, 0.1) is 0 Å². The van der Waals surface area contributed by atoms with Gasteiger partial charge in [0.25, 0.3) is 5.91 Å². The van der Waals surface area contributed by atoms with Gasteiger partial charge < -0.3 is 19.5 Å². The smallest absolute Gasteiger partial charge is 0.321 e. The van der Waals surface area contributed by atoms with E-state index in [4.69, 9.17) is 4.42 Å². The van der Waals surface area contributed by atoms with E-state index >= 15 is 0 Å². The first-order valence-corrected chi connectivity index (χ1v) is 8.07. The Balaban J connectivity index is 1.54. The molecule has 0 aliphatic carbocycles. The second-order valence-corrected chi connectivity index (χ2v) is 6.11. The van der Waals surface area contributed by atoms with Crippen molar-refractivity contribution in [3.8, 4) is 0 Å². The molecule has 2 heterocycles. The summed E-state index contributed by atoms with van der Waals surface area (Å²) in [5.74, 6) is 0.194. The molecule has 3 rings (SSSR count). The lowest BCUT2D eigenvalue weighted by Crippen LogP contribution is -2.51. The van der Waals surface area contributed by atoms with Gasteiger partial charge in [0.15, 0.2) is 5.76 Å². The van der Waals surface area contributed by atoms with Crippen LogP contribution in [0.25, 0.3) is 0 Å². The standard InChI is InChI=1S/C16H16BrN3O3/c17-12-3-1-4-13(11-12)18-16(22)20-8-6-19(7-9-20)15(21)14-5-2-10-23-14/h1-5,10-11H,6-9H2,(H,18,22). The number of furan rings is 1. The van der Waals surface area contributed by atoms with Gasteiger partial charge in [-0.15, -0.1) is 0 Å². The zero-order valence-corrected chi connectivity index (χ0v) is 14.0. The first kappa shape index (κ1) is 15.6. The molecule has 1 N–H and O–H groups in total. The van der Waals surface area contributed by atoms with E-state index in [1.165, 1.54) is 6.26 Å². The molecule has 7 heteroatoms. The SMILES string of the molecule is O=C(Nc1cccc(Br)c1)N1CCN(C(=O)c2ccco2)CC1. The van der Waals surface area contributed by atoms with Gasteiger partial charge >= 0.3 is 6.03 Å². The highest BCUT2D eigenvalue weighted by atomic mass is 79.9. The summed E-state index contributed by atoms with van der Waals surface area (Å²) in [6.45, 7) is 1.97. The topological polar surface area (TPSA) is 65.8 Å². The normalized spacial score (nSPS) is 14.7. The fourth-order valence-electron chi connectivity index (χ4n) is 2.44. The largest absolute Gasteiger partial charge is 0.459 e. The molecule has 1 aromatic heterocycles. The van der Waals surface area contributed by atoms with Gasteiger partial charge in [-0.1, -0.05) is 22.0 Å². The summed E-state index contributed by atoms with van der Waals surface area (Å²) in [7, 11) is 0. The molecule has 0 radical (unpaired) electrons. The van der Waals surface area contributed by atoms with E-state index in [1.807, 2.05) is 24.3 Å². The van der Waals surface area contributed by atoms with Crippen LogP contribution in [-0.2, 0) is 0 Å². The molecule has 1 aromatic carbocycles. The van der Waals surface area contributed by atoms with Crippen molar-refractivity contribution in [3.05, 3.63) is 52.9 Å². The summed E-state index contributed by atoms with van der Waals surface area (Å²) in [5, 5.41) is 2.86. The number of halogens is 1. The Hall–Kier alpha value is -2.28. The highest BCUT2D eigenvalue weighted by molar-refractivity contribution is 9.10. The first-order chi connectivity index (χ1) is 11.1. The Labute approximate surface area is 142 Å². The van der Waals surface area contributed by atoms with Crippen LogP contribution < -0.4 is 5.32 Å². The van der Waals surface area contributed by atoms with E-state index in [2.05, 4.69) is 21.2 Å². The molecule has 1 aliphatic rings.